The molecule has 0 atom stereocenters. The average molecular weight is 315 g/mol. The molecule has 0 aliphatic rings. The minimum Gasteiger partial charge on any atom is -0.508 e. The molecule has 2 aromatic carbocycles. The Balaban J connectivity index is 2.16. The monoisotopic (exact) mass is 314 g/mol. The first-order valence-electron chi connectivity index (χ1n) is 7.71. The number of benzene rings is 2. The lowest BCUT2D eigenvalue weighted by Crippen LogP contribution is -2.30. The van der Waals surface area contributed by atoms with Crippen molar-refractivity contribution in [2.75, 3.05) is 6.23 Å². The fraction of sp³-hybridized carbons (Fsp3) is 0.368. The molecule has 2 aromatic rings. The predicted molar refractivity (Wildman–Crippen MR) is 95.5 cm³/mol. The van der Waals surface area contributed by atoms with Crippen LogP contribution < -0.4 is 4.74 Å². The number of phenolic OH excluding ortho intramolecular Hbond substituents is 1. The lowest BCUT2D eigenvalue weighted by molar-refractivity contribution is 0.378. The maximum atomic E-state index is 9.44. The van der Waals surface area contributed by atoms with Gasteiger partial charge in [0.2, 0.25) is 0 Å². The molecule has 0 saturated carbocycles. The number of phenols is 1. The quantitative estimate of drug-likeness (QED) is 0.789. The van der Waals surface area contributed by atoms with Crippen molar-refractivity contribution in [2.24, 2.45) is 0 Å². The van der Waals surface area contributed by atoms with Gasteiger partial charge in [0.1, 0.15) is 11.5 Å². The van der Waals surface area contributed by atoms with Gasteiger partial charge < -0.3 is 9.84 Å². The topological polar surface area (TPSA) is 29.5 Å². The second-order valence-corrected chi connectivity index (χ2v) is 13.0. The summed E-state index contributed by atoms with van der Waals surface area (Å²) in [4.78, 5) is 0. The summed E-state index contributed by atoms with van der Waals surface area (Å²) in [5.41, 5.74) is 2.31. The molecule has 118 valence electrons. The van der Waals surface area contributed by atoms with Gasteiger partial charge in [-0.3, -0.25) is 0 Å². The normalized spacial score (nSPS) is 12.2. The molecule has 0 spiro atoms. The van der Waals surface area contributed by atoms with Crippen molar-refractivity contribution in [3.05, 3.63) is 59.7 Å². The fourth-order valence-corrected chi connectivity index (χ4v) is 2.91. The van der Waals surface area contributed by atoms with Gasteiger partial charge in [-0.2, -0.15) is 0 Å². The van der Waals surface area contributed by atoms with Crippen LogP contribution in [0.3, 0.4) is 0 Å². The molecule has 22 heavy (non-hydrogen) atoms. The van der Waals surface area contributed by atoms with E-state index in [2.05, 4.69) is 57.8 Å². The number of hydrogen-bond acceptors (Lipinski definition) is 2. The molecule has 3 heteroatoms. The summed E-state index contributed by atoms with van der Waals surface area (Å²) in [6, 6.07) is 15.8. The van der Waals surface area contributed by atoms with Gasteiger partial charge in [-0.05, 0) is 35.4 Å². The highest BCUT2D eigenvalue weighted by atomic mass is 28.3. The van der Waals surface area contributed by atoms with Gasteiger partial charge in [0, 0.05) is 5.41 Å². The van der Waals surface area contributed by atoms with Crippen LogP contribution in [-0.2, 0) is 5.41 Å². The highest BCUT2D eigenvalue weighted by Gasteiger charge is 2.23. The van der Waals surface area contributed by atoms with Crippen LogP contribution in [0.5, 0.6) is 11.5 Å². The van der Waals surface area contributed by atoms with Crippen molar-refractivity contribution in [1.82, 2.24) is 0 Å². The van der Waals surface area contributed by atoms with E-state index in [0.29, 0.717) is 5.75 Å². The van der Waals surface area contributed by atoms with Crippen molar-refractivity contribution in [3.8, 4) is 11.5 Å². The van der Waals surface area contributed by atoms with E-state index >= 15 is 0 Å². The first kappa shape index (κ1) is 16.6. The fourth-order valence-electron chi connectivity index (χ4n) is 2.31. The van der Waals surface area contributed by atoms with Crippen LogP contribution in [-0.4, -0.2) is 19.4 Å². The summed E-state index contributed by atoms with van der Waals surface area (Å²) in [6.45, 7) is 11.3. The second kappa shape index (κ2) is 6.17. The Kier molecular flexibility index (Phi) is 4.66. The predicted octanol–water partition coefficient (Wildman–Crippen LogP) is 4.97. The Morgan fingerprint density at radius 2 is 1.32 bits per heavy atom. The van der Waals surface area contributed by atoms with Crippen LogP contribution in [0.4, 0.5) is 0 Å². The molecule has 2 nitrogen and oxygen atoms in total. The highest BCUT2D eigenvalue weighted by Crippen LogP contribution is 2.33. The number of rotatable bonds is 5. The third-order valence-corrected chi connectivity index (χ3v) is 4.85. The van der Waals surface area contributed by atoms with Crippen LogP contribution in [0.1, 0.15) is 25.0 Å². The summed E-state index contributed by atoms with van der Waals surface area (Å²) < 4.78 is 5.89. The lowest BCUT2D eigenvalue weighted by Gasteiger charge is -2.26. The average Bonchev–Trinajstić information content (AvgIpc) is 2.45. The van der Waals surface area contributed by atoms with Gasteiger partial charge in [0.25, 0.3) is 0 Å². The van der Waals surface area contributed by atoms with E-state index in [0.717, 1.165) is 12.0 Å². The third kappa shape index (κ3) is 4.14. The summed E-state index contributed by atoms with van der Waals surface area (Å²) in [5, 5.41) is 9.44. The Morgan fingerprint density at radius 1 is 0.864 bits per heavy atom. The lowest BCUT2D eigenvalue weighted by atomic mass is 9.78. The SMILES string of the molecule is CC(C)(c1ccc(O)cc1)c1ccc(OC[Si](C)(C)C)cc1. The molecule has 0 aliphatic carbocycles. The zero-order valence-corrected chi connectivity index (χ0v) is 15.2. The molecule has 0 fully saturated rings. The molecule has 2 rings (SSSR count). The Bertz CT molecular complexity index is 607. The molecular formula is C19H26O2Si. The standard InChI is InChI=1S/C19H26O2Si/c1-19(2,15-6-10-17(20)11-7-15)16-8-12-18(13-9-16)21-14-22(3,4)5/h6-13,20H,14H2,1-5H3. The molecule has 0 aliphatic heterocycles. The first-order valence-corrected chi connectivity index (χ1v) is 11.4. The molecule has 0 saturated heterocycles. The van der Waals surface area contributed by atoms with Crippen molar-refractivity contribution >= 4 is 8.07 Å². The summed E-state index contributed by atoms with van der Waals surface area (Å²) >= 11 is 0. The maximum Gasteiger partial charge on any atom is 0.118 e. The Hall–Kier alpha value is -1.74. The van der Waals surface area contributed by atoms with Gasteiger partial charge in [0.15, 0.2) is 0 Å². The van der Waals surface area contributed by atoms with Crippen LogP contribution in [0.25, 0.3) is 0 Å². The van der Waals surface area contributed by atoms with Crippen molar-refractivity contribution in [1.29, 1.82) is 0 Å². The summed E-state index contributed by atoms with van der Waals surface area (Å²) in [5.74, 6) is 1.24. The zero-order valence-electron chi connectivity index (χ0n) is 14.2. The van der Waals surface area contributed by atoms with Crippen LogP contribution in [0.15, 0.2) is 48.5 Å². The van der Waals surface area contributed by atoms with Crippen LogP contribution >= 0.6 is 0 Å². The van der Waals surface area contributed by atoms with Crippen molar-refractivity contribution in [3.63, 3.8) is 0 Å². The van der Waals surface area contributed by atoms with Crippen LogP contribution in [0, 0.1) is 0 Å². The zero-order chi connectivity index (χ0) is 16.4. The van der Waals surface area contributed by atoms with Gasteiger partial charge in [-0.1, -0.05) is 57.8 Å². The Labute approximate surface area is 134 Å². The van der Waals surface area contributed by atoms with Gasteiger partial charge in [0.05, 0.1) is 14.3 Å². The summed E-state index contributed by atoms with van der Waals surface area (Å²) in [7, 11) is -1.19. The van der Waals surface area contributed by atoms with E-state index in [1.54, 1.807) is 12.1 Å². The number of ether oxygens (including phenoxy) is 1. The van der Waals surface area contributed by atoms with E-state index < -0.39 is 8.07 Å². The second-order valence-electron chi connectivity index (χ2n) is 7.55. The third-order valence-electron chi connectivity index (χ3n) is 3.84. The van der Waals surface area contributed by atoms with Crippen molar-refractivity contribution < 1.29 is 9.84 Å². The Morgan fingerprint density at radius 3 is 1.77 bits per heavy atom. The van der Waals surface area contributed by atoms with E-state index in [-0.39, 0.29) is 5.41 Å². The molecule has 0 bridgehead atoms. The molecule has 0 radical (unpaired) electrons. The van der Waals surface area contributed by atoms with E-state index in [4.69, 9.17) is 4.74 Å². The smallest absolute Gasteiger partial charge is 0.118 e. The molecule has 0 heterocycles. The van der Waals surface area contributed by atoms with E-state index in [1.165, 1.54) is 11.1 Å². The molecule has 0 unspecified atom stereocenters. The van der Waals surface area contributed by atoms with Gasteiger partial charge >= 0.3 is 0 Å². The summed E-state index contributed by atoms with van der Waals surface area (Å²) in [6.07, 6.45) is 0.841. The molecule has 1 N–H and O–H groups in total. The van der Waals surface area contributed by atoms with Crippen LogP contribution in [0.2, 0.25) is 19.6 Å². The van der Waals surface area contributed by atoms with Crippen molar-refractivity contribution in [2.45, 2.75) is 38.9 Å². The minimum absolute atomic E-state index is 0.106. The molecule has 0 aromatic heterocycles. The highest BCUT2D eigenvalue weighted by molar-refractivity contribution is 6.76. The number of aromatic hydroxyl groups is 1. The largest absolute Gasteiger partial charge is 0.508 e. The van der Waals surface area contributed by atoms with E-state index in [1.807, 2.05) is 12.1 Å². The van der Waals surface area contributed by atoms with Gasteiger partial charge in [-0.25, -0.2) is 0 Å². The number of hydrogen-bond donors (Lipinski definition) is 1. The minimum atomic E-state index is -1.19. The van der Waals surface area contributed by atoms with Gasteiger partial charge in [-0.15, -0.1) is 0 Å². The molecular weight excluding hydrogens is 288 g/mol. The first-order chi connectivity index (χ1) is 10.2. The molecule has 0 amide bonds. The maximum absolute atomic E-state index is 9.44. The van der Waals surface area contributed by atoms with E-state index in [9.17, 15) is 5.11 Å².